The minimum atomic E-state index is -0.326. The van der Waals surface area contributed by atoms with Gasteiger partial charge in [-0.05, 0) is 18.3 Å². The van der Waals surface area contributed by atoms with Crippen LogP contribution in [-0.4, -0.2) is 31.0 Å². The first-order chi connectivity index (χ1) is 7.45. The summed E-state index contributed by atoms with van der Waals surface area (Å²) in [6.07, 6.45) is 4.55. The fourth-order valence-corrected chi connectivity index (χ4v) is 1.34. The van der Waals surface area contributed by atoms with E-state index in [0.717, 1.165) is 12.8 Å². The number of rotatable bonds is 8. The van der Waals surface area contributed by atoms with Gasteiger partial charge in [0, 0.05) is 6.61 Å². The Kier molecular flexibility index (Phi) is 8.21. The van der Waals surface area contributed by atoms with Crippen LogP contribution in [0.1, 0.15) is 46.5 Å². The number of nitrogens with one attached hydrogen (secondary N) is 1. The first-order valence-electron chi connectivity index (χ1n) is 5.91. The van der Waals surface area contributed by atoms with Gasteiger partial charge in [0.25, 0.3) is 0 Å². The lowest BCUT2D eigenvalue weighted by Gasteiger charge is -2.17. The molecule has 0 fully saturated rings. The molecule has 0 saturated heterocycles. The minimum absolute atomic E-state index is 0.0415. The van der Waals surface area contributed by atoms with Crippen LogP contribution in [-0.2, 0) is 9.53 Å². The molecule has 0 unspecified atom stereocenters. The van der Waals surface area contributed by atoms with Crippen molar-refractivity contribution in [2.75, 3.05) is 19.9 Å². The lowest BCUT2D eigenvalue weighted by molar-refractivity contribution is -0.126. The number of aliphatic hydroxyl groups is 1. The zero-order valence-corrected chi connectivity index (χ0v) is 10.7. The first kappa shape index (κ1) is 15.4. The zero-order chi connectivity index (χ0) is 12.4. The van der Waals surface area contributed by atoms with Gasteiger partial charge in [0.05, 0.1) is 0 Å². The Labute approximate surface area is 98.4 Å². The zero-order valence-electron chi connectivity index (χ0n) is 10.7. The molecule has 4 heteroatoms. The average molecular weight is 231 g/mol. The maximum atomic E-state index is 10.9. The molecule has 96 valence electrons. The highest BCUT2D eigenvalue weighted by atomic mass is 16.5. The van der Waals surface area contributed by atoms with E-state index in [-0.39, 0.29) is 19.2 Å². The Balaban J connectivity index is 3.19. The van der Waals surface area contributed by atoms with Crippen LogP contribution in [0, 0.1) is 5.41 Å². The Morgan fingerprint density at radius 3 is 2.50 bits per heavy atom. The minimum Gasteiger partial charge on any atom is -0.376 e. The monoisotopic (exact) mass is 231 g/mol. The predicted molar refractivity (Wildman–Crippen MR) is 64.0 cm³/mol. The molecular formula is C12H25NO3. The Morgan fingerprint density at radius 1 is 1.25 bits per heavy atom. The summed E-state index contributed by atoms with van der Waals surface area (Å²) < 4.78 is 5.16. The van der Waals surface area contributed by atoms with Gasteiger partial charge in [-0.3, -0.25) is 4.79 Å². The predicted octanol–water partition coefficient (Wildman–Crippen LogP) is 1.68. The number of ether oxygens (including phenoxy) is 1. The van der Waals surface area contributed by atoms with Gasteiger partial charge >= 0.3 is 0 Å². The highest BCUT2D eigenvalue weighted by molar-refractivity contribution is 5.76. The van der Waals surface area contributed by atoms with Crippen molar-refractivity contribution in [2.24, 2.45) is 5.41 Å². The van der Waals surface area contributed by atoms with Crippen molar-refractivity contribution in [1.82, 2.24) is 5.32 Å². The van der Waals surface area contributed by atoms with E-state index in [1.165, 1.54) is 12.8 Å². The van der Waals surface area contributed by atoms with E-state index >= 15 is 0 Å². The van der Waals surface area contributed by atoms with E-state index in [2.05, 4.69) is 26.1 Å². The normalized spacial score (nSPS) is 11.5. The van der Waals surface area contributed by atoms with Gasteiger partial charge in [0.1, 0.15) is 13.3 Å². The summed E-state index contributed by atoms with van der Waals surface area (Å²) in [4.78, 5) is 10.9. The second-order valence-electron chi connectivity index (χ2n) is 5.18. The molecule has 4 nitrogen and oxygen atoms in total. The summed E-state index contributed by atoms with van der Waals surface area (Å²) in [6, 6.07) is 0. The molecule has 16 heavy (non-hydrogen) atoms. The van der Waals surface area contributed by atoms with Crippen molar-refractivity contribution in [3.63, 3.8) is 0 Å². The molecule has 0 aliphatic heterocycles. The topological polar surface area (TPSA) is 58.6 Å². The molecule has 0 saturated carbocycles. The molecule has 0 aromatic carbocycles. The van der Waals surface area contributed by atoms with E-state index < -0.39 is 0 Å². The molecule has 0 aromatic heterocycles. The number of hydrogen-bond acceptors (Lipinski definition) is 3. The Bertz CT molecular complexity index is 187. The molecular weight excluding hydrogens is 206 g/mol. The number of amides is 1. The standard InChI is InChI=1S/C12H25NO3/c1-12(2,3)7-5-4-6-8-16-9-11(15)13-10-14/h14H,4-10H2,1-3H3,(H,13,15). The maximum absolute atomic E-state index is 10.9. The van der Waals surface area contributed by atoms with Gasteiger partial charge in [0.2, 0.25) is 5.91 Å². The molecule has 0 heterocycles. The van der Waals surface area contributed by atoms with Gasteiger partial charge in [-0.25, -0.2) is 0 Å². The third-order valence-electron chi connectivity index (χ3n) is 2.22. The third-order valence-corrected chi connectivity index (χ3v) is 2.22. The van der Waals surface area contributed by atoms with Crippen LogP contribution in [0.25, 0.3) is 0 Å². The third kappa shape index (κ3) is 11.5. The van der Waals surface area contributed by atoms with Crippen molar-refractivity contribution >= 4 is 5.91 Å². The van der Waals surface area contributed by atoms with Crippen molar-refractivity contribution in [1.29, 1.82) is 0 Å². The fourth-order valence-electron chi connectivity index (χ4n) is 1.34. The summed E-state index contributed by atoms with van der Waals surface area (Å²) in [5, 5.41) is 10.7. The van der Waals surface area contributed by atoms with Crippen molar-refractivity contribution < 1.29 is 14.6 Å². The molecule has 0 rings (SSSR count). The van der Waals surface area contributed by atoms with E-state index in [4.69, 9.17) is 9.84 Å². The number of hydrogen-bond donors (Lipinski definition) is 2. The van der Waals surface area contributed by atoms with Gasteiger partial charge in [-0.1, -0.05) is 33.6 Å². The lowest BCUT2D eigenvalue weighted by atomic mass is 9.89. The summed E-state index contributed by atoms with van der Waals surface area (Å²) in [6.45, 7) is 7.05. The largest absolute Gasteiger partial charge is 0.376 e. The van der Waals surface area contributed by atoms with Crippen LogP contribution in [0.5, 0.6) is 0 Å². The maximum Gasteiger partial charge on any atom is 0.247 e. The molecule has 0 aliphatic carbocycles. The van der Waals surface area contributed by atoms with Crippen LogP contribution < -0.4 is 5.32 Å². The smallest absolute Gasteiger partial charge is 0.247 e. The molecule has 0 bridgehead atoms. The number of aliphatic hydroxyl groups excluding tert-OH is 1. The van der Waals surface area contributed by atoms with Crippen LogP contribution in [0.2, 0.25) is 0 Å². The van der Waals surface area contributed by atoms with E-state index in [0.29, 0.717) is 12.0 Å². The molecule has 0 spiro atoms. The molecule has 0 aliphatic rings. The average Bonchev–Trinajstić information content (AvgIpc) is 2.15. The van der Waals surface area contributed by atoms with Crippen LogP contribution in [0.3, 0.4) is 0 Å². The van der Waals surface area contributed by atoms with E-state index in [9.17, 15) is 4.79 Å². The van der Waals surface area contributed by atoms with Gasteiger partial charge in [0.15, 0.2) is 0 Å². The van der Waals surface area contributed by atoms with Crippen LogP contribution >= 0.6 is 0 Å². The highest BCUT2D eigenvalue weighted by Crippen LogP contribution is 2.21. The van der Waals surface area contributed by atoms with Gasteiger partial charge in [-0.15, -0.1) is 0 Å². The van der Waals surface area contributed by atoms with Gasteiger partial charge in [-0.2, -0.15) is 0 Å². The van der Waals surface area contributed by atoms with Crippen LogP contribution in [0.4, 0.5) is 0 Å². The summed E-state index contributed by atoms with van der Waals surface area (Å²) in [7, 11) is 0. The number of carbonyl (C=O) groups excluding carboxylic acids is 1. The quantitative estimate of drug-likeness (QED) is 0.493. The lowest BCUT2D eigenvalue weighted by Crippen LogP contribution is -2.28. The number of carbonyl (C=O) groups is 1. The van der Waals surface area contributed by atoms with Crippen molar-refractivity contribution in [2.45, 2.75) is 46.5 Å². The Morgan fingerprint density at radius 2 is 1.94 bits per heavy atom. The molecule has 1 amide bonds. The van der Waals surface area contributed by atoms with Crippen molar-refractivity contribution in [3.05, 3.63) is 0 Å². The number of unbranched alkanes of at least 4 members (excludes halogenated alkanes) is 2. The molecule has 0 atom stereocenters. The summed E-state index contributed by atoms with van der Waals surface area (Å²) >= 11 is 0. The second-order valence-corrected chi connectivity index (χ2v) is 5.18. The summed E-state index contributed by atoms with van der Waals surface area (Å²) in [5.41, 5.74) is 0.405. The summed E-state index contributed by atoms with van der Waals surface area (Å²) in [5.74, 6) is -0.266. The van der Waals surface area contributed by atoms with E-state index in [1.54, 1.807) is 0 Å². The second kappa shape index (κ2) is 8.53. The van der Waals surface area contributed by atoms with Crippen LogP contribution in [0.15, 0.2) is 0 Å². The molecule has 0 aromatic rings. The van der Waals surface area contributed by atoms with E-state index in [1.807, 2.05) is 0 Å². The Hall–Kier alpha value is -0.610. The van der Waals surface area contributed by atoms with Crippen molar-refractivity contribution in [3.8, 4) is 0 Å². The molecule has 2 N–H and O–H groups in total. The highest BCUT2D eigenvalue weighted by Gasteiger charge is 2.08. The first-order valence-corrected chi connectivity index (χ1v) is 5.91. The van der Waals surface area contributed by atoms with Gasteiger partial charge < -0.3 is 15.2 Å². The SMILES string of the molecule is CC(C)(C)CCCCCOCC(=O)NCO. The molecule has 0 radical (unpaired) electrons. The fraction of sp³-hybridized carbons (Fsp3) is 0.917.